The maximum absolute atomic E-state index is 5.60. The molecule has 1 aromatic rings. The predicted molar refractivity (Wildman–Crippen MR) is 58.3 cm³/mol. The summed E-state index contributed by atoms with van der Waals surface area (Å²) in [4.78, 5) is 0. The van der Waals surface area contributed by atoms with E-state index in [0.29, 0.717) is 0 Å². The van der Waals surface area contributed by atoms with E-state index < -0.39 is 0 Å². The van der Waals surface area contributed by atoms with Gasteiger partial charge in [-0.1, -0.05) is 37.6 Å². The van der Waals surface area contributed by atoms with Crippen molar-refractivity contribution in [3.8, 4) is 0 Å². The van der Waals surface area contributed by atoms with Crippen LogP contribution in [0.15, 0.2) is 30.5 Å². The Morgan fingerprint density at radius 2 is 2.08 bits per heavy atom. The first-order valence-electron chi connectivity index (χ1n) is 4.76. The number of benzene rings is 1. The van der Waals surface area contributed by atoms with Crippen molar-refractivity contribution in [2.24, 2.45) is 5.73 Å². The van der Waals surface area contributed by atoms with E-state index in [9.17, 15) is 0 Å². The number of hydrogen-bond donors (Lipinski definition) is 1. The normalized spacial score (nSPS) is 11.7. The van der Waals surface area contributed by atoms with Crippen LogP contribution in [0.1, 0.15) is 30.9 Å². The average Bonchev–Trinajstić information content (AvgIpc) is 2.16. The third-order valence-corrected chi connectivity index (χ3v) is 2.21. The quantitative estimate of drug-likeness (QED) is 0.750. The molecule has 0 unspecified atom stereocenters. The first-order valence-corrected chi connectivity index (χ1v) is 4.76. The highest BCUT2D eigenvalue weighted by Gasteiger charge is 2.01. The van der Waals surface area contributed by atoms with Crippen LogP contribution in [-0.2, 0) is 0 Å². The van der Waals surface area contributed by atoms with Gasteiger partial charge < -0.3 is 5.73 Å². The zero-order valence-corrected chi connectivity index (χ0v) is 8.38. The van der Waals surface area contributed by atoms with E-state index in [-0.39, 0.29) is 0 Å². The lowest BCUT2D eigenvalue weighted by Gasteiger charge is -2.08. The molecule has 0 radical (unpaired) electrons. The Morgan fingerprint density at radius 1 is 1.38 bits per heavy atom. The van der Waals surface area contributed by atoms with Crippen LogP contribution in [0, 0.1) is 6.92 Å². The maximum Gasteiger partial charge on any atom is -0.00236 e. The van der Waals surface area contributed by atoms with Crippen molar-refractivity contribution in [2.75, 3.05) is 0 Å². The van der Waals surface area contributed by atoms with Crippen molar-refractivity contribution < 1.29 is 0 Å². The molecule has 0 aromatic heterocycles. The summed E-state index contributed by atoms with van der Waals surface area (Å²) in [6.07, 6.45) is 3.92. The minimum absolute atomic E-state index is 1.06. The molecule has 0 amide bonds. The number of aryl methyl sites for hydroxylation is 1. The Balaban J connectivity index is 2.99. The molecule has 0 aliphatic carbocycles. The topological polar surface area (TPSA) is 26.0 Å². The molecule has 13 heavy (non-hydrogen) atoms. The van der Waals surface area contributed by atoms with Gasteiger partial charge in [0.15, 0.2) is 0 Å². The standard InChI is InChI=1S/C12H17N/c1-3-6-11(9-13)12-8-5-4-7-10(12)2/h4-5,7-9H,3,6,13H2,1-2H3/b11-9-. The van der Waals surface area contributed by atoms with Gasteiger partial charge in [-0.3, -0.25) is 0 Å². The highest BCUT2D eigenvalue weighted by molar-refractivity contribution is 5.67. The lowest BCUT2D eigenvalue weighted by atomic mass is 9.98. The monoisotopic (exact) mass is 175 g/mol. The molecule has 0 aliphatic heterocycles. The fourth-order valence-corrected chi connectivity index (χ4v) is 1.51. The molecule has 0 saturated heterocycles. The fourth-order valence-electron chi connectivity index (χ4n) is 1.51. The van der Waals surface area contributed by atoms with Gasteiger partial charge in [-0.2, -0.15) is 0 Å². The predicted octanol–water partition coefficient (Wildman–Crippen LogP) is 3.09. The minimum Gasteiger partial charge on any atom is -0.404 e. The molecule has 1 heteroatoms. The SMILES string of the molecule is CCC/C(=C/N)c1ccccc1C. The lowest BCUT2D eigenvalue weighted by Crippen LogP contribution is -1.92. The van der Waals surface area contributed by atoms with Crippen LogP contribution in [0.2, 0.25) is 0 Å². The maximum atomic E-state index is 5.60. The Labute approximate surface area is 80.3 Å². The van der Waals surface area contributed by atoms with Crippen molar-refractivity contribution in [3.05, 3.63) is 41.6 Å². The Bertz CT molecular complexity index is 300. The van der Waals surface area contributed by atoms with Gasteiger partial charge in [-0.15, -0.1) is 0 Å². The van der Waals surface area contributed by atoms with Crippen LogP contribution in [-0.4, -0.2) is 0 Å². The molecule has 0 bridgehead atoms. The third kappa shape index (κ3) is 2.35. The van der Waals surface area contributed by atoms with Crippen LogP contribution in [0.25, 0.3) is 5.57 Å². The number of allylic oxidation sites excluding steroid dienone is 1. The summed E-state index contributed by atoms with van der Waals surface area (Å²) in [7, 11) is 0. The molecular weight excluding hydrogens is 158 g/mol. The minimum atomic E-state index is 1.06. The molecule has 0 spiro atoms. The van der Waals surface area contributed by atoms with Crippen LogP contribution in [0.3, 0.4) is 0 Å². The molecule has 0 aliphatic rings. The first kappa shape index (κ1) is 9.85. The van der Waals surface area contributed by atoms with Gasteiger partial charge in [0.05, 0.1) is 0 Å². The van der Waals surface area contributed by atoms with Crippen LogP contribution in [0.4, 0.5) is 0 Å². The molecule has 0 atom stereocenters. The zero-order chi connectivity index (χ0) is 9.68. The van der Waals surface area contributed by atoms with E-state index in [1.54, 1.807) is 6.20 Å². The van der Waals surface area contributed by atoms with Crippen LogP contribution in [0.5, 0.6) is 0 Å². The third-order valence-electron chi connectivity index (χ3n) is 2.21. The molecule has 0 saturated carbocycles. The Hall–Kier alpha value is -1.24. The number of rotatable bonds is 3. The second-order valence-corrected chi connectivity index (χ2v) is 3.26. The van der Waals surface area contributed by atoms with E-state index in [4.69, 9.17) is 5.73 Å². The number of nitrogens with two attached hydrogens (primary N) is 1. The van der Waals surface area contributed by atoms with Crippen molar-refractivity contribution in [1.82, 2.24) is 0 Å². The molecule has 1 nitrogen and oxygen atoms in total. The highest BCUT2D eigenvalue weighted by Crippen LogP contribution is 2.21. The van der Waals surface area contributed by atoms with E-state index in [2.05, 4.69) is 38.1 Å². The molecule has 70 valence electrons. The van der Waals surface area contributed by atoms with Crippen molar-refractivity contribution in [2.45, 2.75) is 26.7 Å². The molecule has 0 fully saturated rings. The van der Waals surface area contributed by atoms with Crippen molar-refractivity contribution in [3.63, 3.8) is 0 Å². The molecule has 1 aromatic carbocycles. The van der Waals surface area contributed by atoms with E-state index in [1.807, 2.05) is 0 Å². The molecule has 2 N–H and O–H groups in total. The van der Waals surface area contributed by atoms with Crippen molar-refractivity contribution in [1.29, 1.82) is 0 Å². The van der Waals surface area contributed by atoms with Crippen LogP contribution >= 0.6 is 0 Å². The van der Waals surface area contributed by atoms with E-state index >= 15 is 0 Å². The molecule has 0 heterocycles. The summed E-state index contributed by atoms with van der Waals surface area (Å²) >= 11 is 0. The van der Waals surface area contributed by atoms with Gasteiger partial charge in [0, 0.05) is 0 Å². The summed E-state index contributed by atoms with van der Waals surface area (Å²) in [6.45, 7) is 4.29. The second-order valence-electron chi connectivity index (χ2n) is 3.26. The van der Waals surface area contributed by atoms with Crippen molar-refractivity contribution >= 4 is 5.57 Å². The van der Waals surface area contributed by atoms with Crippen LogP contribution < -0.4 is 5.73 Å². The summed E-state index contributed by atoms with van der Waals surface area (Å²) in [5.74, 6) is 0. The number of hydrogen-bond acceptors (Lipinski definition) is 1. The average molecular weight is 175 g/mol. The van der Waals surface area contributed by atoms with E-state index in [1.165, 1.54) is 16.7 Å². The summed E-state index contributed by atoms with van der Waals surface area (Å²) < 4.78 is 0. The molecule has 1 rings (SSSR count). The Kier molecular flexibility index (Phi) is 3.56. The second kappa shape index (κ2) is 4.70. The van der Waals surface area contributed by atoms with Gasteiger partial charge in [-0.05, 0) is 36.2 Å². The van der Waals surface area contributed by atoms with Gasteiger partial charge in [0.2, 0.25) is 0 Å². The van der Waals surface area contributed by atoms with Gasteiger partial charge in [0.25, 0.3) is 0 Å². The smallest absolute Gasteiger partial charge is 0.00236 e. The zero-order valence-electron chi connectivity index (χ0n) is 8.38. The molecular formula is C12H17N. The fraction of sp³-hybridized carbons (Fsp3) is 0.333. The van der Waals surface area contributed by atoms with E-state index in [0.717, 1.165) is 12.8 Å². The van der Waals surface area contributed by atoms with Gasteiger partial charge >= 0.3 is 0 Å². The Morgan fingerprint density at radius 3 is 2.62 bits per heavy atom. The summed E-state index contributed by atoms with van der Waals surface area (Å²) in [5, 5.41) is 0. The van der Waals surface area contributed by atoms with Gasteiger partial charge in [-0.25, -0.2) is 0 Å². The largest absolute Gasteiger partial charge is 0.404 e. The highest BCUT2D eigenvalue weighted by atomic mass is 14.5. The summed E-state index contributed by atoms with van der Waals surface area (Å²) in [5.41, 5.74) is 9.43. The first-order chi connectivity index (χ1) is 6.29. The lowest BCUT2D eigenvalue weighted by molar-refractivity contribution is 0.969. The van der Waals surface area contributed by atoms with Gasteiger partial charge in [0.1, 0.15) is 0 Å². The summed E-state index contributed by atoms with van der Waals surface area (Å²) in [6, 6.07) is 8.36.